The molecule has 0 saturated carbocycles. The smallest absolute Gasteiger partial charge is 0.394 e. The predicted octanol–water partition coefficient (Wildman–Crippen LogP) is 2.31. The van der Waals surface area contributed by atoms with Crippen LogP contribution in [0.1, 0.15) is 24.2 Å². The van der Waals surface area contributed by atoms with Crippen molar-refractivity contribution in [3.63, 3.8) is 0 Å². The summed E-state index contributed by atoms with van der Waals surface area (Å²) in [6.07, 6.45) is 0.125. The molecule has 0 aliphatic heterocycles. The van der Waals surface area contributed by atoms with Gasteiger partial charge in [-0.05, 0) is 32.0 Å². The second kappa shape index (κ2) is 3.84. The van der Waals surface area contributed by atoms with Crippen LogP contribution in [0.2, 0.25) is 0 Å². The number of fused-ring (bicyclic) bond motifs is 1. The van der Waals surface area contributed by atoms with E-state index in [1.807, 2.05) is 13.8 Å². The van der Waals surface area contributed by atoms with E-state index in [2.05, 4.69) is 4.98 Å². The van der Waals surface area contributed by atoms with Gasteiger partial charge < -0.3 is 14.3 Å². The number of aromatic nitrogens is 1. The molecule has 0 aliphatic rings. The summed E-state index contributed by atoms with van der Waals surface area (Å²) in [5.74, 6) is -0.996. The molecule has 84 valence electrons. The highest BCUT2D eigenvalue weighted by Gasteiger charge is 2.11. The van der Waals surface area contributed by atoms with E-state index in [1.165, 1.54) is 12.1 Å². The fraction of sp³-hybridized carbons (Fsp3) is 0.273. The number of hydrogen-bond acceptors (Lipinski definition) is 4. The molecule has 0 unspecified atom stereocenters. The first-order chi connectivity index (χ1) is 7.56. The normalized spacial score (nSPS) is 10.9. The lowest BCUT2D eigenvalue weighted by atomic mass is 10.2. The van der Waals surface area contributed by atoms with Gasteiger partial charge in [-0.1, -0.05) is 0 Å². The second-order valence-electron chi connectivity index (χ2n) is 3.63. The summed E-state index contributed by atoms with van der Waals surface area (Å²) in [5, 5.41) is 8.80. The largest absolute Gasteiger partial charge is 0.478 e. The summed E-state index contributed by atoms with van der Waals surface area (Å²) in [4.78, 5) is 14.8. The lowest BCUT2D eigenvalue weighted by Gasteiger charge is -2.02. The molecule has 0 radical (unpaired) electrons. The Bertz CT molecular complexity index is 530. The first-order valence-corrected chi connectivity index (χ1v) is 4.87. The van der Waals surface area contributed by atoms with Crippen molar-refractivity contribution in [2.75, 3.05) is 0 Å². The van der Waals surface area contributed by atoms with Crippen LogP contribution in [0.3, 0.4) is 0 Å². The standard InChI is InChI=1S/C11H11NO4/c1-6(2)15-11-12-8-4-3-7(10(13)14)5-9(8)16-11/h3-6H,1-2H3,(H,13,14). The zero-order valence-corrected chi connectivity index (χ0v) is 8.93. The average Bonchev–Trinajstić information content (AvgIpc) is 2.56. The fourth-order valence-corrected chi connectivity index (χ4v) is 1.29. The molecular formula is C11H11NO4. The van der Waals surface area contributed by atoms with Gasteiger partial charge in [0.05, 0.1) is 11.7 Å². The molecule has 1 N–H and O–H groups in total. The van der Waals surface area contributed by atoms with Crippen molar-refractivity contribution in [3.05, 3.63) is 23.8 Å². The van der Waals surface area contributed by atoms with Gasteiger partial charge in [-0.3, -0.25) is 0 Å². The maximum absolute atomic E-state index is 10.7. The van der Waals surface area contributed by atoms with Crippen molar-refractivity contribution in [1.29, 1.82) is 0 Å². The Balaban J connectivity index is 2.42. The minimum Gasteiger partial charge on any atom is -0.478 e. The van der Waals surface area contributed by atoms with Gasteiger partial charge in [-0.25, -0.2) is 4.79 Å². The third kappa shape index (κ3) is 1.98. The number of aromatic carboxylic acids is 1. The van der Waals surface area contributed by atoms with Gasteiger partial charge >= 0.3 is 12.0 Å². The van der Waals surface area contributed by atoms with E-state index >= 15 is 0 Å². The molecule has 5 nitrogen and oxygen atoms in total. The van der Waals surface area contributed by atoms with Crippen molar-refractivity contribution in [2.24, 2.45) is 0 Å². The monoisotopic (exact) mass is 221 g/mol. The van der Waals surface area contributed by atoms with E-state index in [0.29, 0.717) is 11.1 Å². The number of hydrogen-bond donors (Lipinski definition) is 1. The molecule has 0 bridgehead atoms. The molecule has 1 aromatic heterocycles. The van der Waals surface area contributed by atoms with Crippen molar-refractivity contribution < 1.29 is 19.1 Å². The quantitative estimate of drug-likeness (QED) is 0.860. The molecular weight excluding hydrogens is 210 g/mol. The van der Waals surface area contributed by atoms with Crippen molar-refractivity contribution >= 4 is 17.1 Å². The number of benzene rings is 1. The predicted molar refractivity (Wildman–Crippen MR) is 56.7 cm³/mol. The Morgan fingerprint density at radius 1 is 1.50 bits per heavy atom. The number of nitrogens with zero attached hydrogens (tertiary/aromatic N) is 1. The Morgan fingerprint density at radius 2 is 2.25 bits per heavy atom. The molecule has 0 saturated heterocycles. The Morgan fingerprint density at radius 3 is 2.88 bits per heavy atom. The van der Waals surface area contributed by atoms with E-state index in [-0.39, 0.29) is 17.7 Å². The van der Waals surface area contributed by atoms with Crippen LogP contribution in [0.5, 0.6) is 6.08 Å². The van der Waals surface area contributed by atoms with Crippen LogP contribution in [0.25, 0.3) is 11.1 Å². The number of carboxylic acids is 1. The van der Waals surface area contributed by atoms with Gasteiger partial charge in [0.1, 0.15) is 5.52 Å². The number of carbonyl (C=O) groups is 1. The van der Waals surface area contributed by atoms with E-state index in [4.69, 9.17) is 14.3 Å². The third-order valence-electron chi connectivity index (χ3n) is 1.95. The molecule has 0 fully saturated rings. The van der Waals surface area contributed by atoms with E-state index in [9.17, 15) is 4.79 Å². The Hall–Kier alpha value is -2.04. The minimum absolute atomic E-state index is 0.0352. The number of ether oxygens (including phenoxy) is 1. The molecule has 2 aromatic rings. The van der Waals surface area contributed by atoms with Gasteiger partial charge in [-0.2, -0.15) is 4.98 Å². The zero-order chi connectivity index (χ0) is 11.7. The van der Waals surface area contributed by atoms with Gasteiger partial charge in [0.2, 0.25) is 0 Å². The average molecular weight is 221 g/mol. The zero-order valence-electron chi connectivity index (χ0n) is 8.93. The lowest BCUT2D eigenvalue weighted by Crippen LogP contribution is -2.05. The number of carboxylic acid groups (broad SMARTS) is 1. The Kier molecular flexibility index (Phi) is 2.52. The van der Waals surface area contributed by atoms with Gasteiger partial charge in [0, 0.05) is 0 Å². The van der Waals surface area contributed by atoms with Crippen LogP contribution in [0, 0.1) is 0 Å². The summed E-state index contributed by atoms with van der Waals surface area (Å²) in [7, 11) is 0. The molecule has 16 heavy (non-hydrogen) atoms. The van der Waals surface area contributed by atoms with Crippen LogP contribution >= 0.6 is 0 Å². The summed E-state index contributed by atoms with van der Waals surface area (Å²) >= 11 is 0. The maximum atomic E-state index is 10.7. The Labute approximate surface area is 91.7 Å². The van der Waals surface area contributed by atoms with Gasteiger partial charge in [0.15, 0.2) is 5.58 Å². The van der Waals surface area contributed by atoms with Crippen molar-refractivity contribution in [2.45, 2.75) is 20.0 Å². The van der Waals surface area contributed by atoms with Crippen LogP contribution in [-0.2, 0) is 0 Å². The molecule has 2 rings (SSSR count). The van der Waals surface area contributed by atoms with Crippen molar-refractivity contribution in [3.8, 4) is 6.08 Å². The molecule has 1 heterocycles. The maximum Gasteiger partial charge on any atom is 0.394 e. The second-order valence-corrected chi connectivity index (χ2v) is 3.63. The van der Waals surface area contributed by atoms with Crippen LogP contribution in [-0.4, -0.2) is 22.2 Å². The molecule has 1 aromatic carbocycles. The molecule has 0 aliphatic carbocycles. The molecule has 0 atom stereocenters. The van der Waals surface area contributed by atoms with Crippen LogP contribution in [0.4, 0.5) is 0 Å². The van der Waals surface area contributed by atoms with Gasteiger partial charge in [0.25, 0.3) is 0 Å². The SMILES string of the molecule is CC(C)Oc1nc2ccc(C(=O)O)cc2o1. The highest BCUT2D eigenvalue weighted by molar-refractivity contribution is 5.91. The summed E-state index contributed by atoms with van der Waals surface area (Å²) in [5.41, 5.74) is 1.16. The topological polar surface area (TPSA) is 72.6 Å². The van der Waals surface area contributed by atoms with E-state index < -0.39 is 5.97 Å². The lowest BCUT2D eigenvalue weighted by molar-refractivity contribution is 0.0696. The highest BCUT2D eigenvalue weighted by Crippen LogP contribution is 2.22. The fourth-order valence-electron chi connectivity index (χ4n) is 1.29. The first-order valence-electron chi connectivity index (χ1n) is 4.87. The molecule has 0 amide bonds. The molecule has 0 spiro atoms. The number of rotatable bonds is 3. The van der Waals surface area contributed by atoms with Crippen LogP contribution < -0.4 is 4.74 Å². The third-order valence-corrected chi connectivity index (χ3v) is 1.95. The van der Waals surface area contributed by atoms with Crippen LogP contribution in [0.15, 0.2) is 22.6 Å². The van der Waals surface area contributed by atoms with Crippen molar-refractivity contribution in [1.82, 2.24) is 4.98 Å². The highest BCUT2D eigenvalue weighted by atomic mass is 16.6. The summed E-state index contributed by atoms with van der Waals surface area (Å²) < 4.78 is 10.5. The van der Waals surface area contributed by atoms with Gasteiger partial charge in [-0.15, -0.1) is 0 Å². The summed E-state index contributed by atoms with van der Waals surface area (Å²) in [6, 6.07) is 4.50. The summed E-state index contributed by atoms with van der Waals surface area (Å²) in [6.45, 7) is 3.72. The van der Waals surface area contributed by atoms with E-state index in [1.54, 1.807) is 6.07 Å². The number of oxazole rings is 1. The first kappa shape index (κ1) is 10.5. The molecule has 5 heteroatoms. The minimum atomic E-state index is -0.996. The van der Waals surface area contributed by atoms with E-state index in [0.717, 1.165) is 0 Å².